The number of nitrogens with two attached hydrogens (primary N) is 1. The number of fused-ring (bicyclic) bond motifs is 1. The van der Waals surface area contributed by atoms with Gasteiger partial charge in [-0.1, -0.05) is 18.2 Å². The topological polar surface area (TPSA) is 86.5 Å². The van der Waals surface area contributed by atoms with Crippen molar-refractivity contribution < 1.29 is 14.3 Å². The molecule has 0 radical (unpaired) electrons. The lowest BCUT2D eigenvalue weighted by atomic mass is 10.1. The molecule has 6 heteroatoms. The van der Waals surface area contributed by atoms with Crippen LogP contribution in [-0.2, 0) is 4.74 Å². The number of esters is 1. The Bertz CT molecular complexity index is 688. The van der Waals surface area contributed by atoms with E-state index in [1.165, 1.54) is 13.3 Å². The van der Waals surface area contributed by atoms with Gasteiger partial charge in [0.05, 0.1) is 25.0 Å². The van der Waals surface area contributed by atoms with Crippen molar-refractivity contribution in [2.24, 2.45) is 0 Å². The Morgan fingerprint density at radius 1 is 1.48 bits per heavy atom. The molecule has 0 amide bonds. The van der Waals surface area contributed by atoms with Crippen molar-refractivity contribution in [3.63, 3.8) is 0 Å². The number of anilines is 2. The average Bonchev–Trinajstić information content (AvgIpc) is 2.91. The maximum atomic E-state index is 11.8. The van der Waals surface area contributed by atoms with Crippen LogP contribution in [0.2, 0.25) is 0 Å². The first-order chi connectivity index (χ1) is 10.2. The van der Waals surface area contributed by atoms with Crippen LogP contribution in [0.4, 0.5) is 11.5 Å². The number of ether oxygens (including phenoxy) is 2. The molecule has 1 aliphatic heterocycles. The number of benzene rings is 1. The summed E-state index contributed by atoms with van der Waals surface area (Å²) in [6.45, 7) is 0.478. The van der Waals surface area contributed by atoms with E-state index in [1.54, 1.807) is 6.07 Å². The van der Waals surface area contributed by atoms with Gasteiger partial charge in [-0.15, -0.1) is 0 Å². The summed E-state index contributed by atoms with van der Waals surface area (Å²) < 4.78 is 10.4. The summed E-state index contributed by atoms with van der Waals surface area (Å²) in [5.41, 5.74) is 7.43. The summed E-state index contributed by atoms with van der Waals surface area (Å²) in [6, 6.07) is 9.23. The molecule has 2 heterocycles. The van der Waals surface area contributed by atoms with Gasteiger partial charge in [0.1, 0.15) is 23.7 Å². The minimum Gasteiger partial charge on any atom is -0.491 e. The number of aromatic nitrogens is 1. The summed E-state index contributed by atoms with van der Waals surface area (Å²) in [4.78, 5) is 16.0. The third-order valence-electron chi connectivity index (χ3n) is 3.33. The van der Waals surface area contributed by atoms with Gasteiger partial charge in [-0.25, -0.2) is 9.78 Å². The molecule has 21 heavy (non-hydrogen) atoms. The molecule has 0 saturated heterocycles. The van der Waals surface area contributed by atoms with E-state index in [0.29, 0.717) is 23.7 Å². The van der Waals surface area contributed by atoms with Gasteiger partial charge in [0, 0.05) is 5.56 Å². The number of pyridine rings is 1. The summed E-state index contributed by atoms with van der Waals surface area (Å²) in [5.74, 6) is 0.788. The Labute approximate surface area is 121 Å². The molecule has 0 aliphatic carbocycles. The third kappa shape index (κ3) is 2.47. The van der Waals surface area contributed by atoms with Crippen molar-refractivity contribution in [3.05, 3.63) is 47.7 Å². The third-order valence-corrected chi connectivity index (χ3v) is 3.33. The zero-order valence-electron chi connectivity index (χ0n) is 11.5. The number of nitrogens with one attached hydrogen (secondary N) is 1. The largest absolute Gasteiger partial charge is 0.491 e. The van der Waals surface area contributed by atoms with Crippen molar-refractivity contribution in [1.29, 1.82) is 0 Å². The Morgan fingerprint density at radius 2 is 2.29 bits per heavy atom. The maximum absolute atomic E-state index is 11.8. The molecule has 3 rings (SSSR count). The van der Waals surface area contributed by atoms with Crippen molar-refractivity contribution >= 4 is 17.5 Å². The second-order valence-corrected chi connectivity index (χ2v) is 4.70. The Morgan fingerprint density at radius 3 is 3.10 bits per heavy atom. The minimum atomic E-state index is -0.482. The number of hydrogen-bond acceptors (Lipinski definition) is 6. The van der Waals surface area contributed by atoms with E-state index in [2.05, 4.69) is 10.3 Å². The second-order valence-electron chi connectivity index (χ2n) is 4.70. The van der Waals surface area contributed by atoms with Crippen LogP contribution >= 0.6 is 0 Å². The number of carbonyl (C=O) groups is 1. The van der Waals surface area contributed by atoms with Gasteiger partial charge in [0.15, 0.2) is 0 Å². The average molecular weight is 285 g/mol. The van der Waals surface area contributed by atoms with E-state index < -0.39 is 5.97 Å². The molecule has 1 aromatic heterocycles. The molecule has 0 fully saturated rings. The highest BCUT2D eigenvalue weighted by molar-refractivity contribution is 5.95. The lowest BCUT2D eigenvalue weighted by Crippen LogP contribution is -2.16. The summed E-state index contributed by atoms with van der Waals surface area (Å²) >= 11 is 0. The Hall–Kier alpha value is -2.76. The zero-order chi connectivity index (χ0) is 14.8. The number of hydrogen-bond donors (Lipinski definition) is 2. The normalized spacial score (nSPS) is 16.0. The molecule has 108 valence electrons. The van der Waals surface area contributed by atoms with Gasteiger partial charge < -0.3 is 20.5 Å². The molecular formula is C15H15N3O3. The Balaban J connectivity index is 1.91. The lowest BCUT2D eigenvalue weighted by molar-refractivity contribution is 0.0601. The van der Waals surface area contributed by atoms with Crippen molar-refractivity contribution in [2.45, 2.75) is 6.04 Å². The molecule has 1 aliphatic rings. The van der Waals surface area contributed by atoms with Gasteiger partial charge in [0.25, 0.3) is 0 Å². The van der Waals surface area contributed by atoms with Gasteiger partial charge in [-0.05, 0) is 12.1 Å². The number of nitrogens with zero attached hydrogens (tertiary/aromatic N) is 1. The molecule has 1 atom stereocenters. The van der Waals surface area contributed by atoms with Crippen LogP contribution in [0.1, 0.15) is 22.0 Å². The number of carbonyl (C=O) groups excluding carboxylic acids is 1. The predicted molar refractivity (Wildman–Crippen MR) is 78.3 cm³/mol. The van der Waals surface area contributed by atoms with Crippen LogP contribution in [0.3, 0.4) is 0 Å². The number of nitrogen functional groups attached to an aromatic ring is 1. The highest BCUT2D eigenvalue weighted by atomic mass is 16.5. The lowest BCUT2D eigenvalue weighted by Gasteiger charge is -2.15. The molecule has 0 spiro atoms. The quantitative estimate of drug-likeness (QED) is 0.839. The molecular weight excluding hydrogens is 270 g/mol. The van der Waals surface area contributed by atoms with E-state index in [1.807, 2.05) is 24.3 Å². The van der Waals surface area contributed by atoms with E-state index in [9.17, 15) is 4.79 Å². The first-order valence-corrected chi connectivity index (χ1v) is 6.51. The highest BCUT2D eigenvalue weighted by Gasteiger charge is 2.25. The van der Waals surface area contributed by atoms with Crippen molar-refractivity contribution in [1.82, 2.24) is 4.98 Å². The fourth-order valence-corrected chi connectivity index (χ4v) is 2.31. The number of methoxy groups -OCH3 is 1. The molecule has 1 unspecified atom stereocenters. The number of rotatable bonds is 3. The van der Waals surface area contributed by atoms with Crippen LogP contribution in [0.15, 0.2) is 36.5 Å². The van der Waals surface area contributed by atoms with Crippen molar-refractivity contribution in [3.8, 4) is 5.75 Å². The zero-order valence-corrected chi connectivity index (χ0v) is 11.5. The summed E-state index contributed by atoms with van der Waals surface area (Å²) in [7, 11) is 1.32. The molecule has 0 bridgehead atoms. The van der Waals surface area contributed by atoms with Crippen LogP contribution in [0.25, 0.3) is 0 Å². The van der Waals surface area contributed by atoms with Crippen LogP contribution in [0.5, 0.6) is 5.75 Å². The van der Waals surface area contributed by atoms with Crippen LogP contribution < -0.4 is 15.8 Å². The smallest absolute Gasteiger partial charge is 0.341 e. The Kier molecular flexibility index (Phi) is 3.35. The monoisotopic (exact) mass is 285 g/mol. The van der Waals surface area contributed by atoms with E-state index in [4.69, 9.17) is 15.2 Å². The van der Waals surface area contributed by atoms with Gasteiger partial charge in [-0.2, -0.15) is 0 Å². The minimum absolute atomic E-state index is 0.0688. The van der Waals surface area contributed by atoms with Crippen molar-refractivity contribution in [2.75, 3.05) is 24.8 Å². The fourth-order valence-electron chi connectivity index (χ4n) is 2.31. The molecule has 1 aromatic carbocycles. The molecule has 0 saturated carbocycles. The van der Waals surface area contributed by atoms with E-state index in [0.717, 1.165) is 11.3 Å². The van der Waals surface area contributed by atoms with E-state index >= 15 is 0 Å². The summed E-state index contributed by atoms with van der Waals surface area (Å²) in [6.07, 6.45) is 1.50. The second kappa shape index (κ2) is 5.32. The molecule has 6 nitrogen and oxygen atoms in total. The van der Waals surface area contributed by atoms with Gasteiger partial charge >= 0.3 is 5.97 Å². The fraction of sp³-hybridized carbons (Fsp3) is 0.200. The first kappa shape index (κ1) is 13.2. The van der Waals surface area contributed by atoms with E-state index in [-0.39, 0.29) is 6.04 Å². The predicted octanol–water partition coefficient (Wildman–Crippen LogP) is 2.00. The van der Waals surface area contributed by atoms with Crippen LogP contribution in [0, 0.1) is 0 Å². The molecule has 2 aromatic rings. The highest BCUT2D eigenvalue weighted by Crippen LogP contribution is 2.34. The standard InChI is InChI=1S/C15H15N3O3/c1-20-15(19)11-6-9(16)7-17-14(11)18-12-8-21-13-5-3-2-4-10(12)13/h2-7,12H,8,16H2,1H3,(H,17,18). The SMILES string of the molecule is COC(=O)c1cc(N)cnc1NC1COc2ccccc21. The first-order valence-electron chi connectivity index (χ1n) is 6.51. The number of para-hydroxylation sites is 1. The van der Waals surface area contributed by atoms with Crippen LogP contribution in [-0.4, -0.2) is 24.7 Å². The summed E-state index contributed by atoms with van der Waals surface area (Å²) in [5, 5.41) is 3.22. The van der Waals surface area contributed by atoms with Gasteiger partial charge in [-0.3, -0.25) is 0 Å². The van der Waals surface area contributed by atoms with Gasteiger partial charge in [0.2, 0.25) is 0 Å². The maximum Gasteiger partial charge on any atom is 0.341 e. The molecule has 3 N–H and O–H groups in total.